The first-order valence-electron chi connectivity index (χ1n) is 3.35. The lowest BCUT2D eigenvalue weighted by Crippen LogP contribution is -2.35. The highest BCUT2D eigenvalue weighted by atomic mass is 15.6. The average molecular weight is 128 g/mol. The van der Waals surface area contributed by atoms with Gasteiger partial charge in [0.25, 0.3) is 0 Å². The van der Waals surface area contributed by atoms with Gasteiger partial charge in [0.2, 0.25) is 0 Å². The molecular weight excluding hydrogens is 114 g/mol. The van der Waals surface area contributed by atoms with E-state index in [1.165, 1.54) is 0 Å². The van der Waals surface area contributed by atoms with Crippen molar-refractivity contribution in [3.05, 3.63) is 0 Å². The standard InChI is InChI=1S/C6H14N3/c1-3-9(2)5-4-6(7)8-9/h3-5H2,1-2H3,(H2,7,8)/q+1. The highest BCUT2D eigenvalue weighted by molar-refractivity contribution is 5.80. The third kappa shape index (κ3) is 1.21. The molecule has 0 aliphatic carbocycles. The van der Waals surface area contributed by atoms with Gasteiger partial charge in [-0.15, -0.1) is 0 Å². The van der Waals surface area contributed by atoms with Crippen LogP contribution in [0.3, 0.4) is 0 Å². The highest BCUT2D eigenvalue weighted by Gasteiger charge is 2.25. The summed E-state index contributed by atoms with van der Waals surface area (Å²) in [5, 5.41) is 4.27. The first kappa shape index (κ1) is 6.55. The van der Waals surface area contributed by atoms with Crippen molar-refractivity contribution in [2.24, 2.45) is 10.8 Å². The molecular formula is C6H14N3+. The Kier molecular flexibility index (Phi) is 1.45. The van der Waals surface area contributed by atoms with E-state index < -0.39 is 0 Å². The fourth-order valence-corrected chi connectivity index (χ4v) is 0.994. The Labute approximate surface area is 55.7 Å². The summed E-state index contributed by atoms with van der Waals surface area (Å²) in [6.45, 7) is 4.24. The zero-order chi connectivity index (χ0) is 6.91. The van der Waals surface area contributed by atoms with Crippen molar-refractivity contribution in [2.75, 3.05) is 20.1 Å². The molecule has 0 amide bonds. The number of hydrogen-bond donors (Lipinski definition) is 1. The molecule has 1 aliphatic rings. The number of rotatable bonds is 1. The maximum Gasteiger partial charge on any atom is 0.161 e. The minimum absolute atomic E-state index is 0.770. The Morgan fingerprint density at radius 3 is 2.67 bits per heavy atom. The van der Waals surface area contributed by atoms with E-state index in [4.69, 9.17) is 5.73 Å². The van der Waals surface area contributed by atoms with E-state index in [0.717, 1.165) is 29.9 Å². The molecule has 0 saturated carbocycles. The maximum absolute atomic E-state index is 5.52. The minimum atomic E-state index is 0.770. The summed E-state index contributed by atoms with van der Waals surface area (Å²) in [5.41, 5.74) is 5.52. The van der Waals surface area contributed by atoms with Crippen molar-refractivity contribution in [3.8, 4) is 0 Å². The van der Waals surface area contributed by atoms with Gasteiger partial charge in [0.1, 0.15) is 13.1 Å². The molecule has 0 fully saturated rings. The summed E-state index contributed by atoms with van der Waals surface area (Å²) in [6, 6.07) is 0. The summed E-state index contributed by atoms with van der Waals surface area (Å²) in [4.78, 5) is 0. The predicted octanol–water partition coefficient (Wildman–Crippen LogP) is 0.129. The molecule has 1 unspecified atom stereocenters. The molecule has 1 rings (SSSR count). The molecule has 3 heteroatoms. The number of quaternary nitrogens is 1. The molecule has 1 heterocycles. The van der Waals surface area contributed by atoms with Crippen molar-refractivity contribution in [2.45, 2.75) is 13.3 Å². The van der Waals surface area contributed by atoms with E-state index in [0.29, 0.717) is 0 Å². The Bertz CT molecular complexity index is 141. The van der Waals surface area contributed by atoms with Crippen molar-refractivity contribution >= 4 is 5.84 Å². The van der Waals surface area contributed by atoms with Crippen LogP contribution in [0.2, 0.25) is 0 Å². The second-order valence-corrected chi connectivity index (χ2v) is 2.72. The molecule has 3 nitrogen and oxygen atoms in total. The Balaban J connectivity index is 2.64. The Morgan fingerprint density at radius 2 is 2.44 bits per heavy atom. The molecule has 0 aromatic rings. The van der Waals surface area contributed by atoms with Gasteiger partial charge in [-0.25, -0.2) is 0 Å². The number of nitrogens with two attached hydrogens (primary N) is 1. The van der Waals surface area contributed by atoms with E-state index in [2.05, 4.69) is 19.1 Å². The smallest absolute Gasteiger partial charge is 0.161 e. The van der Waals surface area contributed by atoms with Crippen LogP contribution < -0.4 is 5.73 Å². The van der Waals surface area contributed by atoms with Crippen molar-refractivity contribution in [3.63, 3.8) is 0 Å². The lowest BCUT2D eigenvalue weighted by Gasteiger charge is -2.19. The third-order valence-corrected chi connectivity index (χ3v) is 1.90. The summed E-state index contributed by atoms with van der Waals surface area (Å²) < 4.78 is 0.770. The molecule has 1 aliphatic heterocycles. The van der Waals surface area contributed by atoms with Crippen LogP contribution in [0.25, 0.3) is 0 Å². The topological polar surface area (TPSA) is 38.4 Å². The fourth-order valence-electron chi connectivity index (χ4n) is 0.994. The number of nitrogens with zero attached hydrogens (tertiary/aromatic N) is 2. The summed E-state index contributed by atoms with van der Waals surface area (Å²) in [5.74, 6) is 0.805. The van der Waals surface area contributed by atoms with Crippen LogP contribution in [0.15, 0.2) is 5.10 Å². The van der Waals surface area contributed by atoms with Gasteiger partial charge in [-0.1, -0.05) is 5.10 Å². The summed E-state index contributed by atoms with van der Waals surface area (Å²) in [6.07, 6.45) is 0.963. The zero-order valence-corrected chi connectivity index (χ0v) is 6.09. The molecule has 0 aromatic carbocycles. The quantitative estimate of drug-likeness (QED) is 0.501. The SMILES string of the molecule is CC[N+]1(C)CCC(N)=N1. The maximum atomic E-state index is 5.52. The lowest BCUT2D eigenvalue weighted by molar-refractivity contribution is -0.908. The molecule has 0 saturated heterocycles. The second kappa shape index (κ2) is 1.99. The molecule has 2 N–H and O–H groups in total. The third-order valence-electron chi connectivity index (χ3n) is 1.90. The lowest BCUT2D eigenvalue weighted by atomic mass is 10.4. The molecule has 9 heavy (non-hydrogen) atoms. The largest absolute Gasteiger partial charge is 0.383 e. The molecule has 0 spiro atoms. The molecule has 52 valence electrons. The van der Waals surface area contributed by atoms with Crippen LogP contribution in [0.5, 0.6) is 0 Å². The van der Waals surface area contributed by atoms with Crippen LogP contribution >= 0.6 is 0 Å². The first-order chi connectivity index (χ1) is 4.16. The van der Waals surface area contributed by atoms with E-state index in [9.17, 15) is 0 Å². The average Bonchev–Trinajstić information content (AvgIpc) is 2.13. The van der Waals surface area contributed by atoms with Gasteiger partial charge in [0.05, 0.1) is 13.5 Å². The summed E-state index contributed by atoms with van der Waals surface area (Å²) >= 11 is 0. The predicted molar refractivity (Wildman–Crippen MR) is 37.8 cm³/mol. The van der Waals surface area contributed by atoms with Gasteiger partial charge in [0, 0.05) is 0 Å². The van der Waals surface area contributed by atoms with E-state index in [-0.39, 0.29) is 0 Å². The second-order valence-electron chi connectivity index (χ2n) is 2.72. The van der Waals surface area contributed by atoms with Gasteiger partial charge in [-0.3, -0.25) is 0 Å². The highest BCUT2D eigenvalue weighted by Crippen LogP contribution is 2.11. The van der Waals surface area contributed by atoms with Crippen LogP contribution in [-0.4, -0.2) is 30.6 Å². The van der Waals surface area contributed by atoms with Crippen molar-refractivity contribution < 1.29 is 4.59 Å². The normalized spacial score (nSPS) is 34.7. The van der Waals surface area contributed by atoms with Crippen LogP contribution in [0, 0.1) is 0 Å². The van der Waals surface area contributed by atoms with Crippen molar-refractivity contribution in [1.29, 1.82) is 0 Å². The van der Waals surface area contributed by atoms with Crippen molar-refractivity contribution in [1.82, 2.24) is 0 Å². The van der Waals surface area contributed by atoms with Crippen LogP contribution in [-0.2, 0) is 0 Å². The van der Waals surface area contributed by atoms with Gasteiger partial charge < -0.3 is 5.73 Å². The van der Waals surface area contributed by atoms with Gasteiger partial charge in [0.15, 0.2) is 5.84 Å². The molecule has 0 bridgehead atoms. The number of amidine groups is 1. The van der Waals surface area contributed by atoms with Crippen LogP contribution in [0.4, 0.5) is 0 Å². The van der Waals surface area contributed by atoms with Crippen LogP contribution in [0.1, 0.15) is 13.3 Å². The monoisotopic (exact) mass is 128 g/mol. The molecule has 0 aromatic heterocycles. The summed E-state index contributed by atoms with van der Waals surface area (Å²) in [7, 11) is 2.10. The van der Waals surface area contributed by atoms with Gasteiger partial charge in [-0.05, 0) is 6.92 Å². The van der Waals surface area contributed by atoms with E-state index in [1.54, 1.807) is 0 Å². The van der Waals surface area contributed by atoms with Gasteiger partial charge >= 0.3 is 0 Å². The van der Waals surface area contributed by atoms with E-state index in [1.807, 2.05) is 0 Å². The number of hydrogen-bond acceptors (Lipinski definition) is 2. The van der Waals surface area contributed by atoms with E-state index >= 15 is 0 Å². The zero-order valence-electron chi connectivity index (χ0n) is 6.09. The minimum Gasteiger partial charge on any atom is -0.383 e. The fraction of sp³-hybridized carbons (Fsp3) is 0.833. The Morgan fingerprint density at radius 1 is 1.78 bits per heavy atom. The first-order valence-corrected chi connectivity index (χ1v) is 3.35. The molecule has 0 radical (unpaired) electrons. The van der Waals surface area contributed by atoms with Gasteiger partial charge in [-0.2, -0.15) is 4.59 Å². The molecule has 1 atom stereocenters. The Hall–Kier alpha value is -0.570.